The van der Waals surface area contributed by atoms with Crippen LogP contribution in [-0.2, 0) is 24.6 Å². The third-order valence-electron chi connectivity index (χ3n) is 6.80. The van der Waals surface area contributed by atoms with E-state index in [2.05, 4.69) is 28.6 Å². The van der Waals surface area contributed by atoms with E-state index in [4.69, 9.17) is 14.2 Å². The van der Waals surface area contributed by atoms with Crippen LogP contribution in [0.2, 0.25) is 0 Å². The van der Waals surface area contributed by atoms with E-state index in [9.17, 15) is 4.79 Å². The Morgan fingerprint density at radius 3 is 2.59 bits per heavy atom. The number of methoxy groups -OCH3 is 2. The molecule has 0 radical (unpaired) electrons. The summed E-state index contributed by atoms with van der Waals surface area (Å²) in [5, 5.41) is 0.928. The molecule has 2 heterocycles. The third-order valence-corrected chi connectivity index (χ3v) is 6.80. The lowest BCUT2D eigenvalue weighted by molar-refractivity contribution is 0.0527. The van der Waals surface area contributed by atoms with E-state index in [1.54, 1.807) is 14.2 Å². The fraction of sp³-hybridized carbons (Fsp3) is 0.423. The van der Waals surface area contributed by atoms with E-state index in [0.29, 0.717) is 12.2 Å². The van der Waals surface area contributed by atoms with Crippen molar-refractivity contribution in [2.24, 2.45) is 7.05 Å². The minimum Gasteiger partial charge on any atom is -0.497 e. The smallest absolute Gasteiger partial charge is 0.340 e. The van der Waals surface area contributed by atoms with E-state index in [-0.39, 0.29) is 12.0 Å². The summed E-state index contributed by atoms with van der Waals surface area (Å²) < 4.78 is 18.7. The van der Waals surface area contributed by atoms with Gasteiger partial charge in [0.2, 0.25) is 0 Å². The quantitative estimate of drug-likeness (QED) is 0.535. The van der Waals surface area contributed by atoms with Crippen molar-refractivity contribution in [3.8, 4) is 11.5 Å². The summed E-state index contributed by atoms with van der Waals surface area (Å²) in [6.45, 7) is 5.11. The first kappa shape index (κ1) is 22.2. The van der Waals surface area contributed by atoms with Crippen molar-refractivity contribution in [2.75, 3.05) is 34.4 Å². The molecule has 0 aliphatic carbocycles. The summed E-state index contributed by atoms with van der Waals surface area (Å²) in [5.41, 5.74) is 6.19. The zero-order valence-electron chi connectivity index (χ0n) is 19.8. The third kappa shape index (κ3) is 3.62. The summed E-state index contributed by atoms with van der Waals surface area (Å²) in [6, 6.07) is 10.5. The van der Waals surface area contributed by atoms with Gasteiger partial charge in [-0.05, 0) is 69.1 Å². The lowest BCUT2D eigenvalue weighted by atomic mass is 9.87. The average molecular weight is 437 g/mol. The number of ether oxygens (including phenoxy) is 3. The first-order valence-electron chi connectivity index (χ1n) is 11.1. The first-order chi connectivity index (χ1) is 15.4. The topological polar surface area (TPSA) is 52.9 Å². The molecule has 0 fully saturated rings. The van der Waals surface area contributed by atoms with Gasteiger partial charge in [0, 0.05) is 41.8 Å². The summed E-state index contributed by atoms with van der Waals surface area (Å²) in [5.74, 6) is 1.39. The van der Waals surface area contributed by atoms with E-state index in [0.717, 1.165) is 53.0 Å². The molecule has 4 rings (SSSR count). The van der Waals surface area contributed by atoms with Crippen LogP contribution < -0.4 is 9.47 Å². The molecular formula is C26H32N2O4. The van der Waals surface area contributed by atoms with E-state index >= 15 is 0 Å². The van der Waals surface area contributed by atoms with Crippen molar-refractivity contribution in [1.82, 2.24) is 9.47 Å². The number of fused-ring (bicyclic) bond motifs is 2. The molecule has 0 amide bonds. The van der Waals surface area contributed by atoms with Gasteiger partial charge >= 0.3 is 5.97 Å². The van der Waals surface area contributed by atoms with E-state index in [1.165, 1.54) is 11.1 Å². The highest BCUT2D eigenvalue weighted by Gasteiger charge is 2.30. The molecule has 3 aromatic rings. The molecule has 6 nitrogen and oxygen atoms in total. The number of carbonyl (C=O) groups excluding carboxylic acids is 1. The minimum absolute atomic E-state index is 0.166. The number of carbonyl (C=O) groups is 1. The SMILES string of the molecule is CCOC(=O)c1c(C)n(C)c2ccc(OC)c(CC3c4ccc(OC)cc4CCN3C)c12. The molecule has 32 heavy (non-hydrogen) atoms. The summed E-state index contributed by atoms with van der Waals surface area (Å²) >= 11 is 0. The van der Waals surface area contributed by atoms with Crippen LogP contribution in [0.1, 0.15) is 45.7 Å². The Kier molecular flexibility index (Phi) is 6.15. The van der Waals surface area contributed by atoms with Gasteiger partial charge in [0.05, 0.1) is 26.4 Å². The van der Waals surface area contributed by atoms with Crippen molar-refractivity contribution in [1.29, 1.82) is 0 Å². The van der Waals surface area contributed by atoms with Gasteiger partial charge in [0.25, 0.3) is 0 Å². The second kappa shape index (κ2) is 8.87. The highest BCUT2D eigenvalue weighted by atomic mass is 16.5. The summed E-state index contributed by atoms with van der Waals surface area (Å²) in [6.07, 6.45) is 1.71. The molecule has 2 aromatic carbocycles. The Bertz CT molecular complexity index is 1160. The van der Waals surface area contributed by atoms with Crippen molar-refractivity contribution in [3.05, 3.63) is 58.3 Å². The molecule has 1 unspecified atom stereocenters. The second-order valence-electron chi connectivity index (χ2n) is 8.40. The lowest BCUT2D eigenvalue weighted by Crippen LogP contribution is -2.33. The molecular weight excluding hydrogens is 404 g/mol. The molecule has 0 N–H and O–H groups in total. The predicted octanol–water partition coefficient (Wildman–Crippen LogP) is 4.45. The monoisotopic (exact) mass is 436 g/mol. The number of likely N-dealkylation sites (N-methyl/N-ethyl adjacent to an activating group) is 1. The lowest BCUT2D eigenvalue weighted by Gasteiger charge is -2.35. The summed E-state index contributed by atoms with van der Waals surface area (Å²) in [4.78, 5) is 15.4. The number of esters is 1. The molecule has 0 saturated heterocycles. The van der Waals surface area contributed by atoms with Crippen LogP contribution in [-0.4, -0.2) is 49.9 Å². The van der Waals surface area contributed by atoms with Crippen LogP contribution in [0.5, 0.6) is 11.5 Å². The van der Waals surface area contributed by atoms with Crippen molar-refractivity contribution in [2.45, 2.75) is 32.7 Å². The largest absolute Gasteiger partial charge is 0.497 e. The fourth-order valence-electron chi connectivity index (χ4n) is 4.95. The van der Waals surface area contributed by atoms with Crippen molar-refractivity contribution in [3.63, 3.8) is 0 Å². The molecule has 1 aliphatic heterocycles. The number of hydrogen-bond donors (Lipinski definition) is 0. The number of aryl methyl sites for hydroxylation is 1. The zero-order valence-corrected chi connectivity index (χ0v) is 19.8. The summed E-state index contributed by atoms with van der Waals surface area (Å²) in [7, 11) is 7.54. The maximum absolute atomic E-state index is 13.0. The molecule has 1 atom stereocenters. The van der Waals surface area contributed by atoms with Gasteiger partial charge in [-0.2, -0.15) is 0 Å². The fourth-order valence-corrected chi connectivity index (χ4v) is 4.95. The maximum Gasteiger partial charge on any atom is 0.340 e. The number of nitrogens with zero attached hydrogens (tertiary/aromatic N) is 2. The first-order valence-corrected chi connectivity index (χ1v) is 11.1. The van der Waals surface area contributed by atoms with Gasteiger partial charge in [-0.1, -0.05) is 6.07 Å². The molecule has 0 spiro atoms. The number of benzene rings is 2. The average Bonchev–Trinajstić information content (AvgIpc) is 3.06. The van der Waals surface area contributed by atoms with Crippen LogP contribution in [0, 0.1) is 6.92 Å². The van der Waals surface area contributed by atoms with Gasteiger partial charge in [0.15, 0.2) is 0 Å². The predicted molar refractivity (Wildman–Crippen MR) is 126 cm³/mol. The van der Waals surface area contributed by atoms with Gasteiger partial charge in [-0.15, -0.1) is 0 Å². The van der Waals surface area contributed by atoms with E-state index < -0.39 is 0 Å². The molecule has 6 heteroatoms. The van der Waals surface area contributed by atoms with Crippen LogP contribution in [0.4, 0.5) is 0 Å². The molecule has 0 saturated carbocycles. The van der Waals surface area contributed by atoms with Crippen molar-refractivity contribution < 1.29 is 19.0 Å². The van der Waals surface area contributed by atoms with Gasteiger partial charge in [0.1, 0.15) is 11.5 Å². The van der Waals surface area contributed by atoms with Gasteiger partial charge < -0.3 is 18.8 Å². The van der Waals surface area contributed by atoms with E-state index in [1.807, 2.05) is 39.1 Å². The highest BCUT2D eigenvalue weighted by Crippen LogP contribution is 2.40. The zero-order chi connectivity index (χ0) is 23.0. The standard InChI is InChI=1S/C26H32N2O4/c1-7-32-26(29)24-16(2)28(4)21-10-11-23(31-6)20(25(21)24)15-22-19-9-8-18(30-5)14-17(19)12-13-27(22)3/h8-11,14,22H,7,12-13,15H2,1-6H3. The van der Waals surface area contributed by atoms with Gasteiger partial charge in [-0.3, -0.25) is 4.90 Å². The van der Waals surface area contributed by atoms with Crippen LogP contribution in [0.3, 0.4) is 0 Å². The number of aromatic nitrogens is 1. The maximum atomic E-state index is 13.0. The number of rotatable bonds is 6. The Labute approximate surface area is 189 Å². The molecule has 170 valence electrons. The Hall–Kier alpha value is -2.99. The molecule has 0 bridgehead atoms. The Morgan fingerprint density at radius 2 is 1.91 bits per heavy atom. The highest BCUT2D eigenvalue weighted by molar-refractivity contribution is 6.08. The normalized spacial score (nSPS) is 16.1. The second-order valence-corrected chi connectivity index (χ2v) is 8.40. The van der Waals surface area contributed by atoms with Crippen molar-refractivity contribution >= 4 is 16.9 Å². The van der Waals surface area contributed by atoms with Crippen LogP contribution in [0.15, 0.2) is 30.3 Å². The molecule has 1 aromatic heterocycles. The number of hydrogen-bond acceptors (Lipinski definition) is 5. The van der Waals surface area contributed by atoms with Gasteiger partial charge in [-0.25, -0.2) is 4.79 Å². The van der Waals surface area contributed by atoms with Crippen LogP contribution in [0.25, 0.3) is 10.9 Å². The Morgan fingerprint density at radius 1 is 1.12 bits per heavy atom. The van der Waals surface area contributed by atoms with Crippen LogP contribution >= 0.6 is 0 Å². The molecule has 1 aliphatic rings. The Balaban J connectivity index is 1.90. The minimum atomic E-state index is -0.285.